The van der Waals surface area contributed by atoms with Crippen LogP contribution in [0.15, 0.2) is 24.4 Å². The lowest BCUT2D eigenvalue weighted by Gasteiger charge is -2.19. The van der Waals surface area contributed by atoms with Crippen molar-refractivity contribution in [3.8, 4) is 11.5 Å². The average Bonchev–Trinajstić information content (AvgIpc) is 2.89. The highest BCUT2D eigenvalue weighted by Crippen LogP contribution is 2.32. The molecule has 3 rings (SSSR count). The van der Waals surface area contributed by atoms with Crippen LogP contribution in [-0.2, 0) is 7.05 Å². The van der Waals surface area contributed by atoms with Gasteiger partial charge in [0.05, 0.1) is 6.20 Å². The van der Waals surface area contributed by atoms with Crippen LogP contribution in [0, 0.1) is 0 Å². The minimum Gasteiger partial charge on any atom is -0.486 e. The SMILES string of the molecule is Cn1ncc(C(=O)O)c1C(=O)Nc1ccc2c(c1)OCCO2. The number of amides is 1. The number of carboxylic acids is 1. The van der Waals surface area contributed by atoms with Crippen LogP contribution in [0.25, 0.3) is 0 Å². The molecule has 8 nitrogen and oxygen atoms in total. The molecular weight excluding hydrogens is 290 g/mol. The van der Waals surface area contributed by atoms with Crippen molar-refractivity contribution in [3.05, 3.63) is 35.7 Å². The van der Waals surface area contributed by atoms with Gasteiger partial charge in [-0.1, -0.05) is 0 Å². The van der Waals surface area contributed by atoms with E-state index < -0.39 is 11.9 Å². The van der Waals surface area contributed by atoms with E-state index in [1.54, 1.807) is 18.2 Å². The first-order chi connectivity index (χ1) is 10.6. The number of hydrogen-bond donors (Lipinski definition) is 2. The fourth-order valence-electron chi connectivity index (χ4n) is 2.17. The van der Waals surface area contributed by atoms with Crippen LogP contribution in [0.3, 0.4) is 0 Å². The lowest BCUT2D eigenvalue weighted by molar-refractivity contribution is 0.0692. The summed E-state index contributed by atoms with van der Waals surface area (Å²) in [6.45, 7) is 0.922. The third kappa shape index (κ3) is 2.46. The second kappa shape index (κ2) is 5.40. The summed E-state index contributed by atoms with van der Waals surface area (Å²) in [6.07, 6.45) is 1.14. The van der Waals surface area contributed by atoms with Crippen LogP contribution < -0.4 is 14.8 Å². The van der Waals surface area contributed by atoms with E-state index in [1.807, 2.05) is 0 Å². The number of carbonyl (C=O) groups excluding carboxylic acids is 1. The Morgan fingerprint density at radius 3 is 2.73 bits per heavy atom. The lowest BCUT2D eigenvalue weighted by Crippen LogP contribution is -2.20. The third-order valence-electron chi connectivity index (χ3n) is 3.18. The number of carboxylic acid groups (broad SMARTS) is 1. The molecule has 114 valence electrons. The van der Waals surface area contributed by atoms with Gasteiger partial charge in [0.15, 0.2) is 11.5 Å². The van der Waals surface area contributed by atoms with Crippen molar-refractivity contribution in [3.63, 3.8) is 0 Å². The van der Waals surface area contributed by atoms with E-state index in [0.717, 1.165) is 6.20 Å². The minimum atomic E-state index is -1.21. The number of anilines is 1. The summed E-state index contributed by atoms with van der Waals surface area (Å²) < 4.78 is 12.0. The molecular formula is C14H13N3O5. The normalized spacial score (nSPS) is 12.8. The zero-order chi connectivity index (χ0) is 15.7. The highest BCUT2D eigenvalue weighted by molar-refractivity contribution is 6.09. The van der Waals surface area contributed by atoms with E-state index in [-0.39, 0.29) is 11.3 Å². The van der Waals surface area contributed by atoms with Crippen molar-refractivity contribution in [1.82, 2.24) is 9.78 Å². The predicted octanol–water partition coefficient (Wildman–Crippen LogP) is 1.14. The molecule has 0 bridgehead atoms. The summed E-state index contributed by atoms with van der Waals surface area (Å²) in [5.41, 5.74) is 0.298. The van der Waals surface area contributed by atoms with Crippen molar-refractivity contribution in [2.45, 2.75) is 0 Å². The van der Waals surface area contributed by atoms with Gasteiger partial charge in [0.1, 0.15) is 24.5 Å². The van der Waals surface area contributed by atoms with Crippen molar-refractivity contribution in [1.29, 1.82) is 0 Å². The number of benzene rings is 1. The number of aryl methyl sites for hydroxylation is 1. The van der Waals surface area contributed by atoms with Crippen LogP contribution in [0.5, 0.6) is 11.5 Å². The Bertz CT molecular complexity index is 753. The van der Waals surface area contributed by atoms with E-state index in [2.05, 4.69) is 10.4 Å². The van der Waals surface area contributed by atoms with Gasteiger partial charge in [0, 0.05) is 18.8 Å². The second-order valence-corrected chi connectivity index (χ2v) is 4.65. The number of carbonyl (C=O) groups is 2. The maximum absolute atomic E-state index is 12.3. The summed E-state index contributed by atoms with van der Waals surface area (Å²) in [7, 11) is 1.51. The molecule has 1 aromatic carbocycles. The van der Waals surface area contributed by atoms with Gasteiger partial charge in [-0.05, 0) is 12.1 Å². The molecule has 22 heavy (non-hydrogen) atoms. The second-order valence-electron chi connectivity index (χ2n) is 4.65. The zero-order valence-corrected chi connectivity index (χ0v) is 11.7. The number of rotatable bonds is 3. The van der Waals surface area contributed by atoms with E-state index in [9.17, 15) is 9.59 Å². The fourth-order valence-corrected chi connectivity index (χ4v) is 2.17. The molecule has 0 atom stereocenters. The summed E-state index contributed by atoms with van der Waals surface area (Å²) in [5.74, 6) is -0.627. The van der Waals surface area contributed by atoms with Crippen molar-refractivity contribution in [2.75, 3.05) is 18.5 Å². The molecule has 0 saturated carbocycles. The first-order valence-electron chi connectivity index (χ1n) is 6.52. The first-order valence-corrected chi connectivity index (χ1v) is 6.52. The predicted molar refractivity (Wildman–Crippen MR) is 75.6 cm³/mol. The molecule has 2 heterocycles. The first kappa shape index (κ1) is 13.9. The van der Waals surface area contributed by atoms with Crippen LogP contribution in [0.1, 0.15) is 20.8 Å². The molecule has 8 heteroatoms. The number of nitrogens with one attached hydrogen (secondary N) is 1. The summed E-state index contributed by atoms with van der Waals surface area (Å²) >= 11 is 0. The van der Waals surface area contributed by atoms with E-state index in [4.69, 9.17) is 14.6 Å². The standard InChI is InChI=1S/C14H13N3O5/c1-17-12(9(7-15-17)14(19)20)13(18)16-8-2-3-10-11(6-8)22-5-4-21-10/h2-3,6-7H,4-5H2,1H3,(H,16,18)(H,19,20). The molecule has 0 aliphatic carbocycles. The molecule has 2 aromatic rings. The van der Waals surface area contributed by atoms with Crippen molar-refractivity contribution < 1.29 is 24.2 Å². The molecule has 0 unspecified atom stereocenters. The number of nitrogens with zero attached hydrogens (tertiary/aromatic N) is 2. The maximum Gasteiger partial charge on any atom is 0.339 e. The topological polar surface area (TPSA) is 103 Å². The molecule has 1 aromatic heterocycles. The van der Waals surface area contributed by atoms with Crippen molar-refractivity contribution >= 4 is 17.6 Å². The third-order valence-corrected chi connectivity index (χ3v) is 3.18. The van der Waals surface area contributed by atoms with Gasteiger partial charge >= 0.3 is 5.97 Å². The van der Waals surface area contributed by atoms with Crippen LogP contribution >= 0.6 is 0 Å². The number of aromatic nitrogens is 2. The average molecular weight is 303 g/mol. The fraction of sp³-hybridized carbons (Fsp3) is 0.214. The lowest BCUT2D eigenvalue weighted by atomic mass is 10.2. The van der Waals surface area contributed by atoms with Gasteiger partial charge in [-0.2, -0.15) is 5.10 Å². The highest BCUT2D eigenvalue weighted by Gasteiger charge is 2.22. The van der Waals surface area contributed by atoms with Gasteiger partial charge in [-0.25, -0.2) is 4.79 Å². The van der Waals surface area contributed by atoms with Gasteiger partial charge in [0.2, 0.25) is 0 Å². The Balaban J connectivity index is 1.86. The maximum atomic E-state index is 12.3. The molecule has 1 aliphatic heterocycles. The summed E-state index contributed by atoms with van der Waals surface area (Å²) in [4.78, 5) is 23.4. The molecule has 0 saturated heterocycles. The number of fused-ring (bicyclic) bond motifs is 1. The molecule has 1 amide bonds. The Labute approximate surface area is 125 Å². The zero-order valence-electron chi connectivity index (χ0n) is 11.7. The van der Waals surface area contributed by atoms with E-state index >= 15 is 0 Å². The molecule has 0 radical (unpaired) electrons. The monoisotopic (exact) mass is 303 g/mol. The highest BCUT2D eigenvalue weighted by atomic mass is 16.6. The van der Waals surface area contributed by atoms with Gasteiger partial charge < -0.3 is 19.9 Å². The number of aromatic carboxylic acids is 1. The Kier molecular flexibility index (Phi) is 3.42. The summed E-state index contributed by atoms with van der Waals surface area (Å²) in [6, 6.07) is 4.97. The minimum absolute atomic E-state index is 0.0256. The smallest absolute Gasteiger partial charge is 0.339 e. The largest absolute Gasteiger partial charge is 0.486 e. The van der Waals surface area contributed by atoms with E-state index in [1.165, 1.54) is 11.7 Å². The number of ether oxygens (including phenoxy) is 2. The van der Waals surface area contributed by atoms with Gasteiger partial charge in [0.25, 0.3) is 5.91 Å². The molecule has 2 N–H and O–H groups in total. The number of hydrogen-bond acceptors (Lipinski definition) is 5. The van der Waals surface area contributed by atoms with Crippen molar-refractivity contribution in [2.24, 2.45) is 7.05 Å². The van der Waals surface area contributed by atoms with Crippen LogP contribution in [0.2, 0.25) is 0 Å². The van der Waals surface area contributed by atoms with Crippen LogP contribution in [-0.4, -0.2) is 40.0 Å². The van der Waals surface area contributed by atoms with Crippen LogP contribution in [0.4, 0.5) is 5.69 Å². The Hall–Kier alpha value is -3.03. The van der Waals surface area contributed by atoms with Gasteiger partial charge in [-0.15, -0.1) is 0 Å². The molecule has 0 fully saturated rings. The van der Waals surface area contributed by atoms with E-state index in [0.29, 0.717) is 30.4 Å². The molecule has 1 aliphatic rings. The molecule has 0 spiro atoms. The van der Waals surface area contributed by atoms with Gasteiger partial charge in [-0.3, -0.25) is 9.48 Å². The quantitative estimate of drug-likeness (QED) is 0.881. The Morgan fingerprint density at radius 1 is 1.27 bits per heavy atom. The Morgan fingerprint density at radius 2 is 2.00 bits per heavy atom. The summed E-state index contributed by atoms with van der Waals surface area (Å²) in [5, 5.41) is 15.5.